The number of benzene rings is 2. The van der Waals surface area contributed by atoms with Crippen LogP contribution in [-0.4, -0.2) is 4.98 Å². The number of fused-ring (bicyclic) bond motifs is 1. The van der Waals surface area contributed by atoms with Crippen LogP contribution in [0, 0.1) is 6.92 Å². The molecule has 0 aliphatic carbocycles. The minimum Gasteiger partial charge on any atom is -0.438 e. The number of aryl methyl sites for hydroxylation is 1. The van der Waals surface area contributed by atoms with Gasteiger partial charge < -0.3 is 10.5 Å². The zero-order chi connectivity index (χ0) is 14.1. The SMILES string of the molecule is Cc1cc(Oc2ccc3ccccc3c2Br)ncc1N. The van der Waals surface area contributed by atoms with E-state index in [0.717, 1.165) is 26.6 Å². The summed E-state index contributed by atoms with van der Waals surface area (Å²) in [5, 5.41) is 2.27. The molecule has 0 unspecified atom stereocenters. The Morgan fingerprint density at radius 2 is 1.95 bits per heavy atom. The average Bonchev–Trinajstić information content (AvgIpc) is 2.46. The molecule has 0 amide bonds. The lowest BCUT2D eigenvalue weighted by Gasteiger charge is -2.10. The minimum absolute atomic E-state index is 0.535. The number of nitrogen functional groups attached to an aromatic ring is 1. The van der Waals surface area contributed by atoms with Crippen molar-refractivity contribution < 1.29 is 4.74 Å². The molecule has 2 aromatic carbocycles. The van der Waals surface area contributed by atoms with Gasteiger partial charge in [-0.2, -0.15) is 0 Å². The van der Waals surface area contributed by atoms with Gasteiger partial charge in [0.15, 0.2) is 0 Å². The second-order valence-corrected chi connectivity index (χ2v) is 5.37. The van der Waals surface area contributed by atoms with Crippen molar-refractivity contribution in [2.45, 2.75) is 6.92 Å². The van der Waals surface area contributed by atoms with E-state index < -0.39 is 0 Å². The molecular formula is C16H13BrN2O. The van der Waals surface area contributed by atoms with Gasteiger partial charge in [0.05, 0.1) is 16.4 Å². The molecule has 0 spiro atoms. The molecule has 1 heterocycles. The molecule has 0 saturated heterocycles. The van der Waals surface area contributed by atoms with Crippen molar-refractivity contribution in [3.8, 4) is 11.6 Å². The maximum atomic E-state index is 5.84. The second kappa shape index (κ2) is 5.13. The molecule has 4 heteroatoms. The summed E-state index contributed by atoms with van der Waals surface area (Å²) in [6.07, 6.45) is 1.61. The fourth-order valence-corrected chi connectivity index (χ4v) is 2.58. The van der Waals surface area contributed by atoms with Crippen LogP contribution in [0.3, 0.4) is 0 Å². The Balaban J connectivity index is 2.02. The normalized spacial score (nSPS) is 10.7. The molecule has 20 heavy (non-hydrogen) atoms. The molecule has 0 bridgehead atoms. The van der Waals surface area contributed by atoms with E-state index in [4.69, 9.17) is 10.5 Å². The predicted octanol–water partition coefficient (Wildman–Crippen LogP) is 4.68. The number of halogens is 1. The molecule has 0 fully saturated rings. The van der Waals surface area contributed by atoms with Gasteiger partial charge in [-0.05, 0) is 45.3 Å². The number of ether oxygens (including phenoxy) is 1. The van der Waals surface area contributed by atoms with E-state index in [1.807, 2.05) is 43.3 Å². The lowest BCUT2D eigenvalue weighted by molar-refractivity contribution is 0.461. The zero-order valence-electron chi connectivity index (χ0n) is 10.9. The first kappa shape index (κ1) is 12.9. The number of anilines is 1. The largest absolute Gasteiger partial charge is 0.438 e. The van der Waals surface area contributed by atoms with Gasteiger partial charge in [-0.15, -0.1) is 0 Å². The number of hydrogen-bond donors (Lipinski definition) is 1. The molecule has 3 nitrogen and oxygen atoms in total. The van der Waals surface area contributed by atoms with Crippen LogP contribution in [0.15, 0.2) is 53.1 Å². The Morgan fingerprint density at radius 3 is 2.75 bits per heavy atom. The Morgan fingerprint density at radius 1 is 1.15 bits per heavy atom. The smallest absolute Gasteiger partial charge is 0.219 e. The fourth-order valence-electron chi connectivity index (χ4n) is 2.00. The third kappa shape index (κ3) is 2.34. The molecule has 0 atom stereocenters. The molecule has 100 valence electrons. The summed E-state index contributed by atoms with van der Waals surface area (Å²) >= 11 is 3.59. The number of aromatic nitrogens is 1. The summed E-state index contributed by atoms with van der Waals surface area (Å²) in [6, 6.07) is 13.9. The number of hydrogen-bond acceptors (Lipinski definition) is 3. The topological polar surface area (TPSA) is 48.1 Å². The first-order chi connectivity index (χ1) is 9.65. The fraction of sp³-hybridized carbons (Fsp3) is 0.0625. The molecule has 3 rings (SSSR count). The summed E-state index contributed by atoms with van der Waals surface area (Å²) in [6.45, 7) is 1.93. The van der Waals surface area contributed by atoms with Crippen molar-refractivity contribution in [1.82, 2.24) is 4.98 Å². The van der Waals surface area contributed by atoms with Crippen LogP contribution in [0.2, 0.25) is 0 Å². The van der Waals surface area contributed by atoms with Gasteiger partial charge in [0.2, 0.25) is 5.88 Å². The highest BCUT2D eigenvalue weighted by Crippen LogP contribution is 2.35. The number of rotatable bonds is 2. The van der Waals surface area contributed by atoms with Crippen LogP contribution in [-0.2, 0) is 0 Å². The molecule has 3 aromatic rings. The van der Waals surface area contributed by atoms with Crippen molar-refractivity contribution >= 4 is 32.4 Å². The van der Waals surface area contributed by atoms with Gasteiger partial charge in [-0.25, -0.2) is 4.98 Å². The van der Waals surface area contributed by atoms with E-state index in [9.17, 15) is 0 Å². The number of pyridine rings is 1. The van der Waals surface area contributed by atoms with Crippen molar-refractivity contribution in [1.29, 1.82) is 0 Å². The van der Waals surface area contributed by atoms with Crippen molar-refractivity contribution in [2.24, 2.45) is 0 Å². The molecule has 1 aromatic heterocycles. The molecule has 0 radical (unpaired) electrons. The average molecular weight is 329 g/mol. The molecule has 2 N–H and O–H groups in total. The van der Waals surface area contributed by atoms with Crippen LogP contribution in [0.1, 0.15) is 5.56 Å². The van der Waals surface area contributed by atoms with Crippen LogP contribution in [0.5, 0.6) is 11.6 Å². The second-order valence-electron chi connectivity index (χ2n) is 4.58. The molecule has 0 saturated carbocycles. The maximum absolute atomic E-state index is 5.84. The van der Waals surface area contributed by atoms with E-state index in [2.05, 4.69) is 27.0 Å². The molecule has 0 aliphatic rings. The van der Waals surface area contributed by atoms with E-state index in [1.165, 1.54) is 0 Å². The summed E-state index contributed by atoms with van der Waals surface area (Å²) in [5.74, 6) is 1.27. The van der Waals surface area contributed by atoms with Crippen molar-refractivity contribution in [2.75, 3.05) is 5.73 Å². The standard InChI is InChI=1S/C16H13BrN2O/c1-10-8-15(19-9-13(10)18)20-14-7-6-11-4-2-3-5-12(11)16(14)17/h2-9H,18H2,1H3. The summed E-state index contributed by atoms with van der Waals surface area (Å²) in [7, 11) is 0. The first-order valence-corrected chi connectivity index (χ1v) is 7.01. The number of nitrogens with zero attached hydrogens (tertiary/aromatic N) is 1. The Kier molecular flexibility index (Phi) is 3.32. The van der Waals surface area contributed by atoms with Gasteiger partial charge >= 0.3 is 0 Å². The zero-order valence-corrected chi connectivity index (χ0v) is 12.5. The minimum atomic E-state index is 0.535. The summed E-state index contributed by atoms with van der Waals surface area (Å²) < 4.78 is 6.76. The summed E-state index contributed by atoms with van der Waals surface area (Å²) in [5.41, 5.74) is 7.37. The lowest BCUT2D eigenvalue weighted by Crippen LogP contribution is -1.94. The van der Waals surface area contributed by atoms with E-state index in [0.29, 0.717) is 11.6 Å². The predicted molar refractivity (Wildman–Crippen MR) is 85.1 cm³/mol. The highest BCUT2D eigenvalue weighted by Gasteiger charge is 2.08. The highest BCUT2D eigenvalue weighted by molar-refractivity contribution is 9.10. The molecule has 0 aliphatic heterocycles. The van der Waals surface area contributed by atoms with Crippen LogP contribution < -0.4 is 10.5 Å². The van der Waals surface area contributed by atoms with Crippen LogP contribution in [0.4, 0.5) is 5.69 Å². The van der Waals surface area contributed by atoms with Gasteiger partial charge in [0, 0.05) is 6.07 Å². The lowest BCUT2D eigenvalue weighted by atomic mass is 10.1. The van der Waals surface area contributed by atoms with Crippen molar-refractivity contribution in [3.63, 3.8) is 0 Å². The van der Waals surface area contributed by atoms with Gasteiger partial charge in [-0.3, -0.25) is 0 Å². The first-order valence-electron chi connectivity index (χ1n) is 6.22. The van der Waals surface area contributed by atoms with Crippen molar-refractivity contribution in [3.05, 3.63) is 58.7 Å². The third-order valence-electron chi connectivity index (χ3n) is 3.17. The molecular weight excluding hydrogens is 316 g/mol. The third-order valence-corrected chi connectivity index (χ3v) is 3.99. The maximum Gasteiger partial charge on any atom is 0.219 e. The highest BCUT2D eigenvalue weighted by atomic mass is 79.9. The van der Waals surface area contributed by atoms with Gasteiger partial charge in [0.1, 0.15) is 5.75 Å². The quantitative estimate of drug-likeness (QED) is 0.742. The van der Waals surface area contributed by atoms with Gasteiger partial charge in [0.25, 0.3) is 0 Å². The number of nitrogens with two attached hydrogens (primary N) is 1. The van der Waals surface area contributed by atoms with E-state index in [1.54, 1.807) is 6.20 Å². The van der Waals surface area contributed by atoms with Crippen LogP contribution >= 0.6 is 15.9 Å². The van der Waals surface area contributed by atoms with Gasteiger partial charge in [-0.1, -0.05) is 30.3 Å². The van der Waals surface area contributed by atoms with E-state index >= 15 is 0 Å². The van der Waals surface area contributed by atoms with E-state index in [-0.39, 0.29) is 0 Å². The summed E-state index contributed by atoms with van der Waals surface area (Å²) in [4.78, 5) is 4.19. The Labute approximate surface area is 125 Å². The Hall–Kier alpha value is -2.07. The Bertz CT molecular complexity index is 787. The van der Waals surface area contributed by atoms with Crippen LogP contribution in [0.25, 0.3) is 10.8 Å². The monoisotopic (exact) mass is 328 g/mol.